The first-order valence-electron chi connectivity index (χ1n) is 5.84. The molecule has 0 spiro atoms. The fourth-order valence-electron chi connectivity index (χ4n) is 1.68. The van der Waals surface area contributed by atoms with E-state index >= 15 is 0 Å². The van der Waals surface area contributed by atoms with Gasteiger partial charge in [0.05, 0.1) is 12.1 Å². The summed E-state index contributed by atoms with van der Waals surface area (Å²) >= 11 is 0. The molecule has 1 aromatic rings. The van der Waals surface area contributed by atoms with Crippen LogP contribution in [0.3, 0.4) is 0 Å². The molecule has 4 N–H and O–H groups in total. The number of nitrogens with two attached hydrogens (primary N) is 1. The number of benzene rings is 1. The minimum atomic E-state index is -0.773. The first-order valence-corrected chi connectivity index (χ1v) is 5.84. The molecule has 0 amide bonds. The SMILES string of the molecule is CC(C)CC[C@@H](O)[C@@H](N)c1cc(F)ccc1O.Cl. The van der Waals surface area contributed by atoms with Gasteiger partial charge in [0, 0.05) is 5.56 Å². The Morgan fingerprint density at radius 1 is 1.28 bits per heavy atom. The molecule has 0 unspecified atom stereocenters. The van der Waals surface area contributed by atoms with Crippen molar-refractivity contribution in [2.24, 2.45) is 11.7 Å². The maximum absolute atomic E-state index is 13.0. The van der Waals surface area contributed by atoms with Crippen LogP contribution in [0.2, 0.25) is 0 Å². The van der Waals surface area contributed by atoms with E-state index in [1.54, 1.807) is 0 Å². The highest BCUT2D eigenvalue weighted by atomic mass is 35.5. The molecule has 0 aromatic heterocycles. The second-order valence-electron chi connectivity index (χ2n) is 4.77. The second-order valence-corrected chi connectivity index (χ2v) is 4.77. The molecule has 0 aliphatic heterocycles. The van der Waals surface area contributed by atoms with Gasteiger partial charge in [-0.25, -0.2) is 4.39 Å². The van der Waals surface area contributed by atoms with E-state index in [0.29, 0.717) is 12.3 Å². The van der Waals surface area contributed by atoms with Crippen molar-refractivity contribution < 1.29 is 14.6 Å². The number of hydrogen-bond acceptors (Lipinski definition) is 3. The Labute approximate surface area is 113 Å². The van der Waals surface area contributed by atoms with Crippen LogP contribution in [0.25, 0.3) is 0 Å². The molecule has 0 aliphatic carbocycles. The standard InChI is InChI=1S/C13H20FNO2.ClH/c1-8(2)3-5-12(17)13(15)10-7-9(14)4-6-11(10)16;/h4,6-8,12-13,16-17H,3,5,15H2,1-2H3;1H/t12-,13+;/m1./s1. The third-order valence-corrected chi connectivity index (χ3v) is 2.80. The maximum Gasteiger partial charge on any atom is 0.123 e. The zero-order valence-electron chi connectivity index (χ0n) is 10.6. The lowest BCUT2D eigenvalue weighted by molar-refractivity contribution is 0.127. The predicted molar refractivity (Wildman–Crippen MR) is 72.3 cm³/mol. The Bertz CT molecular complexity index is 374. The smallest absolute Gasteiger partial charge is 0.123 e. The van der Waals surface area contributed by atoms with Gasteiger partial charge in [0.25, 0.3) is 0 Å². The monoisotopic (exact) mass is 277 g/mol. The summed E-state index contributed by atoms with van der Waals surface area (Å²) in [5, 5.41) is 19.5. The van der Waals surface area contributed by atoms with Crippen molar-refractivity contribution in [3.05, 3.63) is 29.6 Å². The average Bonchev–Trinajstić information content (AvgIpc) is 2.28. The molecule has 0 saturated carbocycles. The summed E-state index contributed by atoms with van der Waals surface area (Å²) in [6, 6.07) is 2.81. The van der Waals surface area contributed by atoms with Crippen LogP contribution in [0.1, 0.15) is 38.3 Å². The number of aromatic hydroxyl groups is 1. The number of halogens is 2. The van der Waals surface area contributed by atoms with Gasteiger partial charge in [0.15, 0.2) is 0 Å². The van der Waals surface area contributed by atoms with Crippen molar-refractivity contribution >= 4 is 12.4 Å². The first-order chi connectivity index (χ1) is 7.91. The van der Waals surface area contributed by atoms with Gasteiger partial charge in [-0.05, 0) is 37.0 Å². The van der Waals surface area contributed by atoms with Gasteiger partial charge in [0.2, 0.25) is 0 Å². The predicted octanol–water partition coefficient (Wildman–Crippen LogP) is 2.75. The Morgan fingerprint density at radius 3 is 2.44 bits per heavy atom. The van der Waals surface area contributed by atoms with Gasteiger partial charge in [-0.2, -0.15) is 0 Å². The Kier molecular flexibility index (Phi) is 7.21. The van der Waals surface area contributed by atoms with E-state index in [-0.39, 0.29) is 23.7 Å². The van der Waals surface area contributed by atoms with E-state index in [9.17, 15) is 14.6 Å². The zero-order valence-corrected chi connectivity index (χ0v) is 11.5. The van der Waals surface area contributed by atoms with Crippen LogP contribution in [-0.4, -0.2) is 16.3 Å². The fraction of sp³-hybridized carbons (Fsp3) is 0.538. The molecule has 0 saturated heterocycles. The van der Waals surface area contributed by atoms with Crippen LogP contribution >= 0.6 is 12.4 Å². The highest BCUT2D eigenvalue weighted by Crippen LogP contribution is 2.27. The van der Waals surface area contributed by atoms with Gasteiger partial charge in [0.1, 0.15) is 11.6 Å². The van der Waals surface area contributed by atoms with Gasteiger partial charge >= 0.3 is 0 Å². The topological polar surface area (TPSA) is 66.5 Å². The van der Waals surface area contributed by atoms with Crippen LogP contribution in [0.5, 0.6) is 5.75 Å². The lowest BCUT2D eigenvalue weighted by Gasteiger charge is -2.20. The van der Waals surface area contributed by atoms with Crippen molar-refractivity contribution in [2.45, 2.75) is 38.8 Å². The number of aliphatic hydroxyl groups is 1. The molecule has 18 heavy (non-hydrogen) atoms. The molecule has 1 aromatic carbocycles. The van der Waals surface area contributed by atoms with Crippen molar-refractivity contribution in [1.29, 1.82) is 0 Å². The summed E-state index contributed by atoms with van der Waals surface area (Å²) < 4.78 is 13.0. The first kappa shape index (κ1) is 17.2. The molecule has 3 nitrogen and oxygen atoms in total. The number of hydrogen-bond donors (Lipinski definition) is 3. The lowest BCUT2D eigenvalue weighted by atomic mass is 9.95. The van der Waals surface area contributed by atoms with E-state index in [4.69, 9.17) is 5.73 Å². The number of phenolic OH excluding ortho intramolecular Hbond substituents is 1. The van der Waals surface area contributed by atoms with E-state index in [2.05, 4.69) is 13.8 Å². The normalized spacial score (nSPS) is 14.1. The molecule has 1 rings (SSSR count). The summed E-state index contributed by atoms with van der Waals surface area (Å²) in [4.78, 5) is 0. The van der Waals surface area contributed by atoms with Gasteiger partial charge in [-0.15, -0.1) is 12.4 Å². The molecule has 0 fully saturated rings. The number of aliphatic hydroxyl groups excluding tert-OH is 1. The van der Waals surface area contributed by atoms with Crippen molar-refractivity contribution in [1.82, 2.24) is 0 Å². The lowest BCUT2D eigenvalue weighted by Crippen LogP contribution is -2.26. The minimum Gasteiger partial charge on any atom is -0.508 e. The summed E-state index contributed by atoms with van der Waals surface area (Å²) in [5.74, 6) is -0.0789. The summed E-state index contributed by atoms with van der Waals surface area (Å²) in [6.07, 6.45) is 0.602. The van der Waals surface area contributed by atoms with Gasteiger partial charge < -0.3 is 15.9 Å². The van der Waals surface area contributed by atoms with Crippen LogP contribution in [0, 0.1) is 11.7 Å². The minimum absolute atomic E-state index is 0. The fourth-order valence-corrected chi connectivity index (χ4v) is 1.68. The van der Waals surface area contributed by atoms with E-state index in [0.717, 1.165) is 12.5 Å². The molecule has 0 radical (unpaired) electrons. The Balaban J connectivity index is 0.00000289. The van der Waals surface area contributed by atoms with Crippen LogP contribution < -0.4 is 5.73 Å². The summed E-state index contributed by atoms with van der Waals surface area (Å²) in [6.45, 7) is 4.11. The summed E-state index contributed by atoms with van der Waals surface area (Å²) in [7, 11) is 0. The largest absolute Gasteiger partial charge is 0.508 e. The molecular formula is C13H21ClFNO2. The van der Waals surface area contributed by atoms with Crippen molar-refractivity contribution in [2.75, 3.05) is 0 Å². The van der Waals surface area contributed by atoms with E-state index in [1.807, 2.05) is 0 Å². The highest BCUT2D eigenvalue weighted by Gasteiger charge is 2.20. The summed E-state index contributed by atoms with van der Waals surface area (Å²) in [5.41, 5.74) is 6.07. The molecule has 0 bridgehead atoms. The molecule has 0 heterocycles. The Hall–Kier alpha value is -0.840. The van der Waals surface area contributed by atoms with Crippen LogP contribution in [-0.2, 0) is 0 Å². The van der Waals surface area contributed by atoms with Crippen LogP contribution in [0.4, 0.5) is 4.39 Å². The third kappa shape index (κ3) is 4.80. The maximum atomic E-state index is 13.0. The molecule has 104 valence electrons. The molecule has 2 atom stereocenters. The quantitative estimate of drug-likeness (QED) is 0.775. The van der Waals surface area contributed by atoms with Crippen molar-refractivity contribution in [3.8, 4) is 5.75 Å². The highest BCUT2D eigenvalue weighted by molar-refractivity contribution is 5.85. The van der Waals surface area contributed by atoms with Crippen molar-refractivity contribution in [3.63, 3.8) is 0 Å². The molecular weight excluding hydrogens is 257 g/mol. The van der Waals surface area contributed by atoms with Gasteiger partial charge in [-0.3, -0.25) is 0 Å². The molecule has 0 aliphatic rings. The van der Waals surface area contributed by atoms with Crippen LogP contribution in [0.15, 0.2) is 18.2 Å². The van der Waals surface area contributed by atoms with E-state index in [1.165, 1.54) is 12.1 Å². The number of phenols is 1. The third-order valence-electron chi connectivity index (χ3n) is 2.80. The zero-order chi connectivity index (χ0) is 13.0. The van der Waals surface area contributed by atoms with Gasteiger partial charge in [-0.1, -0.05) is 13.8 Å². The number of rotatable bonds is 5. The average molecular weight is 278 g/mol. The Morgan fingerprint density at radius 2 is 1.89 bits per heavy atom. The molecule has 5 heteroatoms. The second kappa shape index (κ2) is 7.56. The van der Waals surface area contributed by atoms with E-state index < -0.39 is 18.0 Å².